The van der Waals surface area contributed by atoms with Gasteiger partial charge in [0.05, 0.1) is 10.5 Å². The number of carbonyl (C=O) groups is 1. The lowest BCUT2D eigenvalue weighted by Crippen LogP contribution is -2.23. The molecule has 0 aliphatic carbocycles. The second kappa shape index (κ2) is 10.0. The van der Waals surface area contributed by atoms with Gasteiger partial charge >= 0.3 is 5.97 Å². The van der Waals surface area contributed by atoms with Gasteiger partial charge in [-0.1, -0.05) is 54.6 Å². The molecule has 3 aromatic rings. The van der Waals surface area contributed by atoms with Crippen molar-refractivity contribution in [3.63, 3.8) is 0 Å². The monoisotopic (exact) mass is 425 g/mol. The van der Waals surface area contributed by atoms with E-state index in [4.69, 9.17) is 9.47 Å². The molecule has 0 aliphatic rings. The summed E-state index contributed by atoms with van der Waals surface area (Å²) in [6.45, 7) is 2.34. The zero-order valence-electron chi connectivity index (χ0n) is 16.6. The highest BCUT2D eigenvalue weighted by Crippen LogP contribution is 2.16. The molecular weight excluding hydrogens is 402 g/mol. The number of para-hydroxylation sites is 1. The Morgan fingerprint density at radius 1 is 0.900 bits per heavy atom. The average Bonchev–Trinajstić information content (AvgIpc) is 2.77. The van der Waals surface area contributed by atoms with Gasteiger partial charge in [-0.05, 0) is 42.3 Å². The van der Waals surface area contributed by atoms with Crippen LogP contribution >= 0.6 is 0 Å². The summed E-state index contributed by atoms with van der Waals surface area (Å²) in [7, 11) is -3.76. The van der Waals surface area contributed by atoms with Crippen molar-refractivity contribution >= 4 is 16.0 Å². The third-order valence-corrected chi connectivity index (χ3v) is 5.76. The minimum absolute atomic E-state index is 0.00374. The summed E-state index contributed by atoms with van der Waals surface area (Å²) in [5.41, 5.74) is 1.99. The molecular formula is C23H23NO5S. The molecule has 0 spiro atoms. The molecule has 30 heavy (non-hydrogen) atoms. The summed E-state index contributed by atoms with van der Waals surface area (Å²) < 4.78 is 38.4. The molecule has 3 rings (SSSR count). The summed E-state index contributed by atoms with van der Waals surface area (Å²) in [5.74, 6) is 0.120. The van der Waals surface area contributed by atoms with Gasteiger partial charge in [0.1, 0.15) is 19.0 Å². The van der Waals surface area contributed by atoms with Gasteiger partial charge in [0.2, 0.25) is 10.0 Å². The molecule has 7 heteroatoms. The number of benzene rings is 3. The van der Waals surface area contributed by atoms with Crippen molar-refractivity contribution in [2.24, 2.45) is 0 Å². The van der Waals surface area contributed by atoms with Gasteiger partial charge in [-0.2, -0.15) is 0 Å². The smallest absolute Gasteiger partial charge is 0.338 e. The van der Waals surface area contributed by atoms with Gasteiger partial charge < -0.3 is 9.47 Å². The fraction of sp³-hybridized carbons (Fsp3) is 0.174. The van der Waals surface area contributed by atoms with Gasteiger partial charge in [0, 0.05) is 6.54 Å². The van der Waals surface area contributed by atoms with E-state index in [2.05, 4.69) is 4.72 Å². The molecule has 0 radical (unpaired) electrons. The highest BCUT2D eigenvalue weighted by molar-refractivity contribution is 7.89. The number of esters is 1. The number of rotatable bonds is 9. The molecule has 0 heterocycles. The number of nitrogens with one attached hydrogen (secondary N) is 1. The van der Waals surface area contributed by atoms with E-state index in [0.29, 0.717) is 0 Å². The third-order valence-electron chi connectivity index (χ3n) is 4.36. The first-order valence-electron chi connectivity index (χ1n) is 9.45. The fourth-order valence-corrected chi connectivity index (χ4v) is 3.80. The topological polar surface area (TPSA) is 81.7 Å². The molecule has 156 valence electrons. The van der Waals surface area contributed by atoms with Gasteiger partial charge in [0.25, 0.3) is 0 Å². The van der Waals surface area contributed by atoms with Crippen LogP contribution in [0.3, 0.4) is 0 Å². The Hall–Kier alpha value is -3.16. The normalized spacial score (nSPS) is 11.1. The molecule has 0 aliphatic heterocycles. The van der Waals surface area contributed by atoms with E-state index in [1.165, 1.54) is 24.3 Å². The molecule has 0 unspecified atom stereocenters. The van der Waals surface area contributed by atoms with E-state index in [0.717, 1.165) is 16.9 Å². The molecule has 0 saturated carbocycles. The number of carbonyl (C=O) groups excluding carboxylic acids is 1. The molecule has 6 nitrogen and oxygen atoms in total. The maximum absolute atomic E-state index is 12.5. The van der Waals surface area contributed by atoms with Crippen molar-refractivity contribution < 1.29 is 22.7 Å². The van der Waals surface area contributed by atoms with Crippen molar-refractivity contribution in [1.29, 1.82) is 0 Å². The predicted molar refractivity (Wildman–Crippen MR) is 114 cm³/mol. The number of sulfonamides is 1. The minimum Gasteiger partial charge on any atom is -0.490 e. The number of ether oxygens (including phenoxy) is 2. The number of aryl methyl sites for hydroxylation is 1. The van der Waals surface area contributed by atoms with Crippen LogP contribution in [0.1, 0.15) is 21.5 Å². The van der Waals surface area contributed by atoms with E-state index >= 15 is 0 Å². The lowest BCUT2D eigenvalue weighted by molar-refractivity contribution is 0.0450. The Morgan fingerprint density at radius 2 is 1.63 bits per heavy atom. The number of hydrogen-bond donors (Lipinski definition) is 1. The Balaban J connectivity index is 1.56. The van der Waals surface area contributed by atoms with Crippen LogP contribution in [0, 0.1) is 6.92 Å². The van der Waals surface area contributed by atoms with Crippen molar-refractivity contribution in [2.45, 2.75) is 18.4 Å². The summed E-state index contributed by atoms with van der Waals surface area (Å²) in [4.78, 5) is 12.3. The second-order valence-corrected chi connectivity index (χ2v) is 8.35. The van der Waals surface area contributed by atoms with Crippen molar-refractivity contribution in [2.75, 3.05) is 13.2 Å². The largest absolute Gasteiger partial charge is 0.490 e. The Bertz CT molecular complexity index is 1100. The lowest BCUT2D eigenvalue weighted by atomic mass is 10.2. The summed E-state index contributed by atoms with van der Waals surface area (Å²) in [6.07, 6.45) is 0. The zero-order chi connectivity index (χ0) is 21.4. The Morgan fingerprint density at radius 3 is 2.40 bits per heavy atom. The summed E-state index contributed by atoms with van der Waals surface area (Å²) >= 11 is 0. The second-order valence-electron chi connectivity index (χ2n) is 6.59. The lowest BCUT2D eigenvalue weighted by Gasteiger charge is -2.10. The van der Waals surface area contributed by atoms with E-state index in [1.807, 2.05) is 61.5 Å². The fourth-order valence-electron chi connectivity index (χ4n) is 2.74. The maximum Gasteiger partial charge on any atom is 0.338 e. The molecule has 0 bridgehead atoms. The third kappa shape index (κ3) is 5.92. The summed E-state index contributed by atoms with van der Waals surface area (Å²) in [5, 5.41) is 0. The van der Waals surface area contributed by atoms with Crippen molar-refractivity contribution in [3.8, 4) is 5.75 Å². The van der Waals surface area contributed by atoms with E-state index in [-0.39, 0.29) is 30.2 Å². The van der Waals surface area contributed by atoms with E-state index in [1.54, 1.807) is 0 Å². The van der Waals surface area contributed by atoms with Crippen LogP contribution in [0.2, 0.25) is 0 Å². The van der Waals surface area contributed by atoms with Gasteiger partial charge in [-0.15, -0.1) is 0 Å². The summed E-state index contributed by atoms with van der Waals surface area (Å²) in [6, 6.07) is 22.5. The van der Waals surface area contributed by atoms with Crippen LogP contribution in [0.25, 0.3) is 0 Å². The molecule has 3 aromatic carbocycles. The standard InChI is InChI=1S/C23H23NO5S/c1-18-8-5-6-13-22(18)28-14-15-29-23(25)20-11-7-12-21(16-20)30(26,27)24-17-19-9-3-2-4-10-19/h2-13,16,24H,14-15,17H2,1H3. The minimum atomic E-state index is -3.76. The first-order chi connectivity index (χ1) is 14.5. The molecule has 0 atom stereocenters. The quantitative estimate of drug-likeness (QED) is 0.418. The van der Waals surface area contributed by atoms with Crippen molar-refractivity contribution in [3.05, 3.63) is 95.6 Å². The van der Waals surface area contributed by atoms with Crippen LogP contribution in [-0.2, 0) is 21.3 Å². The van der Waals surface area contributed by atoms with E-state index in [9.17, 15) is 13.2 Å². The van der Waals surface area contributed by atoms with Gasteiger partial charge in [-0.25, -0.2) is 17.9 Å². The van der Waals surface area contributed by atoms with Crippen LogP contribution in [0.5, 0.6) is 5.75 Å². The highest BCUT2D eigenvalue weighted by Gasteiger charge is 2.17. The van der Waals surface area contributed by atoms with Gasteiger partial charge in [-0.3, -0.25) is 0 Å². The van der Waals surface area contributed by atoms with E-state index < -0.39 is 16.0 Å². The molecule has 0 amide bonds. The SMILES string of the molecule is Cc1ccccc1OCCOC(=O)c1cccc(S(=O)(=O)NCc2ccccc2)c1. The van der Waals surface area contributed by atoms with Crippen LogP contribution < -0.4 is 9.46 Å². The predicted octanol–water partition coefficient (Wildman–Crippen LogP) is 3.71. The number of hydrogen-bond acceptors (Lipinski definition) is 5. The first-order valence-corrected chi connectivity index (χ1v) is 10.9. The van der Waals surface area contributed by atoms with Crippen LogP contribution in [0.15, 0.2) is 83.8 Å². The first kappa shape index (κ1) is 21.5. The Kier molecular flexibility index (Phi) is 7.21. The highest BCUT2D eigenvalue weighted by atomic mass is 32.2. The van der Waals surface area contributed by atoms with Crippen LogP contribution in [-0.4, -0.2) is 27.6 Å². The molecule has 0 aromatic heterocycles. The van der Waals surface area contributed by atoms with Crippen molar-refractivity contribution in [1.82, 2.24) is 4.72 Å². The molecule has 0 saturated heterocycles. The molecule has 1 N–H and O–H groups in total. The zero-order valence-corrected chi connectivity index (χ0v) is 17.4. The average molecular weight is 426 g/mol. The molecule has 0 fully saturated rings. The van der Waals surface area contributed by atoms with Crippen LogP contribution in [0.4, 0.5) is 0 Å². The Labute approximate surface area is 176 Å². The maximum atomic E-state index is 12.5. The van der Waals surface area contributed by atoms with Gasteiger partial charge in [0.15, 0.2) is 0 Å².